The number of fused-ring (bicyclic) bond motifs is 1. The van der Waals surface area contributed by atoms with Crippen molar-refractivity contribution in [3.05, 3.63) is 35.4 Å². The number of rotatable bonds is 0. The van der Waals surface area contributed by atoms with E-state index in [0.717, 1.165) is 19.3 Å². The first-order valence-corrected chi connectivity index (χ1v) is 4.39. The average Bonchev–Trinajstić information content (AvgIpc) is 2.17. The van der Waals surface area contributed by atoms with E-state index in [2.05, 4.69) is 24.3 Å². The summed E-state index contributed by atoms with van der Waals surface area (Å²) in [6, 6.07) is 10.7. The summed E-state index contributed by atoms with van der Waals surface area (Å²) in [6.07, 6.45) is 3.34. The number of hydrogen-bond donors (Lipinski definition) is 0. The van der Waals surface area contributed by atoms with Crippen LogP contribution in [0.25, 0.3) is 0 Å². The van der Waals surface area contributed by atoms with E-state index in [-0.39, 0.29) is 5.92 Å². The highest BCUT2D eigenvalue weighted by Gasteiger charge is 2.18. The van der Waals surface area contributed by atoms with Crippen LogP contribution in [-0.4, -0.2) is 0 Å². The summed E-state index contributed by atoms with van der Waals surface area (Å²) in [5, 5.41) is 8.89. The Morgan fingerprint density at radius 2 is 2.17 bits per heavy atom. The summed E-state index contributed by atoms with van der Waals surface area (Å²) >= 11 is 0. The molecular formula is C11H11N. The molecule has 1 nitrogen and oxygen atoms in total. The van der Waals surface area contributed by atoms with Crippen LogP contribution in [0.5, 0.6) is 0 Å². The number of nitrogens with zero attached hydrogens (tertiary/aromatic N) is 1. The van der Waals surface area contributed by atoms with Crippen molar-refractivity contribution in [1.82, 2.24) is 0 Å². The molecule has 1 unspecified atom stereocenters. The van der Waals surface area contributed by atoms with Crippen molar-refractivity contribution >= 4 is 0 Å². The van der Waals surface area contributed by atoms with Gasteiger partial charge < -0.3 is 0 Å². The van der Waals surface area contributed by atoms with Gasteiger partial charge in [-0.15, -0.1) is 0 Å². The molecule has 0 fully saturated rings. The molecule has 1 aliphatic carbocycles. The fourth-order valence-electron chi connectivity index (χ4n) is 1.89. The molecule has 1 aliphatic rings. The van der Waals surface area contributed by atoms with Crippen LogP contribution in [0.15, 0.2) is 24.3 Å². The second kappa shape index (κ2) is 2.98. The molecule has 0 saturated heterocycles. The van der Waals surface area contributed by atoms with Crippen LogP contribution >= 0.6 is 0 Å². The topological polar surface area (TPSA) is 23.8 Å². The Morgan fingerprint density at radius 1 is 1.33 bits per heavy atom. The van der Waals surface area contributed by atoms with Crippen LogP contribution in [0.2, 0.25) is 0 Å². The highest BCUT2D eigenvalue weighted by Crippen LogP contribution is 2.30. The van der Waals surface area contributed by atoms with Gasteiger partial charge >= 0.3 is 0 Å². The number of nitriles is 1. The van der Waals surface area contributed by atoms with Crippen LogP contribution in [0.3, 0.4) is 0 Å². The molecular weight excluding hydrogens is 146 g/mol. The van der Waals surface area contributed by atoms with Gasteiger partial charge in [0.1, 0.15) is 0 Å². The lowest BCUT2D eigenvalue weighted by molar-refractivity contribution is 0.637. The third-order valence-corrected chi connectivity index (χ3v) is 2.53. The second-order valence-electron chi connectivity index (χ2n) is 3.27. The minimum atomic E-state index is 0.148. The number of benzene rings is 1. The molecule has 0 aromatic heterocycles. The van der Waals surface area contributed by atoms with E-state index in [1.807, 2.05) is 6.07 Å². The minimum Gasteiger partial charge on any atom is -0.198 e. The Hall–Kier alpha value is -1.29. The molecule has 0 bridgehead atoms. The summed E-state index contributed by atoms with van der Waals surface area (Å²) < 4.78 is 0. The Bertz CT molecular complexity index is 322. The van der Waals surface area contributed by atoms with Crippen LogP contribution in [0, 0.1) is 11.3 Å². The lowest BCUT2D eigenvalue weighted by Crippen LogP contribution is -2.07. The maximum Gasteiger partial charge on any atom is 0.0715 e. The largest absolute Gasteiger partial charge is 0.198 e. The van der Waals surface area contributed by atoms with Crippen molar-refractivity contribution in [2.45, 2.75) is 25.2 Å². The maximum atomic E-state index is 8.89. The fourth-order valence-corrected chi connectivity index (χ4v) is 1.89. The standard InChI is InChI=1S/C11H11N/c12-8-10-6-3-5-9-4-1-2-7-11(9)10/h1-2,4,7,10H,3,5-6H2. The molecule has 0 spiro atoms. The molecule has 0 saturated carbocycles. The smallest absolute Gasteiger partial charge is 0.0715 e. The molecule has 0 heterocycles. The molecule has 1 atom stereocenters. The van der Waals surface area contributed by atoms with Crippen molar-refractivity contribution in [2.24, 2.45) is 0 Å². The zero-order chi connectivity index (χ0) is 8.39. The van der Waals surface area contributed by atoms with E-state index < -0.39 is 0 Å². The van der Waals surface area contributed by atoms with Crippen LogP contribution < -0.4 is 0 Å². The third-order valence-electron chi connectivity index (χ3n) is 2.53. The predicted octanol–water partition coefficient (Wildman–Crippen LogP) is 2.63. The first-order chi connectivity index (χ1) is 5.92. The van der Waals surface area contributed by atoms with Gasteiger partial charge in [0.2, 0.25) is 0 Å². The van der Waals surface area contributed by atoms with E-state index in [0.29, 0.717) is 0 Å². The predicted molar refractivity (Wildman–Crippen MR) is 47.7 cm³/mol. The third kappa shape index (κ3) is 1.10. The summed E-state index contributed by atoms with van der Waals surface area (Å²) in [4.78, 5) is 0. The average molecular weight is 157 g/mol. The SMILES string of the molecule is N#CC1CCCc2ccccc21. The molecule has 60 valence electrons. The molecule has 1 aromatic rings. The van der Waals surface area contributed by atoms with Gasteiger partial charge in [-0.1, -0.05) is 24.3 Å². The summed E-state index contributed by atoms with van der Waals surface area (Å²) in [5.41, 5.74) is 2.63. The summed E-state index contributed by atoms with van der Waals surface area (Å²) in [6.45, 7) is 0. The lowest BCUT2D eigenvalue weighted by atomic mass is 9.84. The van der Waals surface area contributed by atoms with Gasteiger partial charge in [0.05, 0.1) is 12.0 Å². The van der Waals surface area contributed by atoms with Gasteiger partial charge in [0.15, 0.2) is 0 Å². The van der Waals surface area contributed by atoms with E-state index in [1.165, 1.54) is 11.1 Å². The Labute approximate surface area is 72.6 Å². The van der Waals surface area contributed by atoms with Gasteiger partial charge in [0, 0.05) is 0 Å². The minimum absolute atomic E-state index is 0.148. The van der Waals surface area contributed by atoms with Crippen LogP contribution in [-0.2, 0) is 6.42 Å². The van der Waals surface area contributed by atoms with Crippen molar-refractivity contribution in [3.63, 3.8) is 0 Å². The molecule has 1 aromatic carbocycles. The van der Waals surface area contributed by atoms with Crippen molar-refractivity contribution < 1.29 is 0 Å². The monoisotopic (exact) mass is 157 g/mol. The van der Waals surface area contributed by atoms with E-state index in [1.54, 1.807) is 0 Å². The molecule has 0 radical (unpaired) electrons. The van der Waals surface area contributed by atoms with Gasteiger partial charge in [-0.2, -0.15) is 5.26 Å². The summed E-state index contributed by atoms with van der Waals surface area (Å²) in [5.74, 6) is 0.148. The van der Waals surface area contributed by atoms with Gasteiger partial charge in [-0.25, -0.2) is 0 Å². The van der Waals surface area contributed by atoms with Crippen LogP contribution in [0.1, 0.15) is 29.9 Å². The highest BCUT2D eigenvalue weighted by molar-refractivity contribution is 5.35. The molecule has 12 heavy (non-hydrogen) atoms. The normalized spacial score (nSPS) is 21.1. The zero-order valence-electron chi connectivity index (χ0n) is 6.96. The second-order valence-corrected chi connectivity index (χ2v) is 3.27. The van der Waals surface area contributed by atoms with E-state index in [4.69, 9.17) is 5.26 Å². The molecule has 0 amide bonds. The Morgan fingerprint density at radius 3 is 3.00 bits per heavy atom. The highest BCUT2D eigenvalue weighted by atomic mass is 14.3. The zero-order valence-corrected chi connectivity index (χ0v) is 6.96. The molecule has 0 aliphatic heterocycles. The molecule has 0 N–H and O–H groups in total. The van der Waals surface area contributed by atoms with Crippen molar-refractivity contribution in [3.8, 4) is 6.07 Å². The van der Waals surface area contributed by atoms with E-state index >= 15 is 0 Å². The first kappa shape index (κ1) is 7.36. The number of hydrogen-bond acceptors (Lipinski definition) is 1. The quantitative estimate of drug-likeness (QED) is 0.568. The molecule has 1 heteroatoms. The Kier molecular flexibility index (Phi) is 1.83. The van der Waals surface area contributed by atoms with E-state index in [9.17, 15) is 0 Å². The van der Waals surface area contributed by atoms with Gasteiger partial charge in [0.25, 0.3) is 0 Å². The van der Waals surface area contributed by atoms with Gasteiger partial charge in [-0.05, 0) is 30.4 Å². The van der Waals surface area contributed by atoms with Crippen molar-refractivity contribution in [1.29, 1.82) is 5.26 Å². The number of aryl methyl sites for hydroxylation is 1. The lowest BCUT2D eigenvalue weighted by Gasteiger charge is -2.19. The first-order valence-electron chi connectivity index (χ1n) is 4.39. The molecule has 2 rings (SSSR count). The van der Waals surface area contributed by atoms with Crippen molar-refractivity contribution in [2.75, 3.05) is 0 Å². The fraction of sp³-hybridized carbons (Fsp3) is 0.364. The summed E-state index contributed by atoms with van der Waals surface area (Å²) in [7, 11) is 0. The van der Waals surface area contributed by atoms with Crippen LogP contribution in [0.4, 0.5) is 0 Å². The van der Waals surface area contributed by atoms with Gasteiger partial charge in [-0.3, -0.25) is 0 Å². The Balaban J connectivity index is 2.45. The maximum absolute atomic E-state index is 8.89.